The molecule has 0 radical (unpaired) electrons. The highest BCUT2D eigenvalue weighted by Crippen LogP contribution is 2.39. The van der Waals surface area contributed by atoms with E-state index in [0.717, 1.165) is 60.1 Å². The van der Waals surface area contributed by atoms with Gasteiger partial charge in [0, 0.05) is 43.6 Å². The first-order valence-electron chi connectivity index (χ1n) is 12.1. The summed E-state index contributed by atoms with van der Waals surface area (Å²) >= 11 is 0. The fourth-order valence-electron chi connectivity index (χ4n) is 5.83. The van der Waals surface area contributed by atoms with Gasteiger partial charge in [-0.1, -0.05) is 60.7 Å². The molecule has 3 aromatic rings. The number of likely N-dealkylation sites (tertiary alicyclic amines) is 2. The van der Waals surface area contributed by atoms with Gasteiger partial charge in [0.2, 0.25) is 0 Å². The van der Waals surface area contributed by atoms with Crippen LogP contribution in [0, 0.1) is 11.8 Å². The number of hydrogen-bond acceptors (Lipinski definition) is 4. The second-order valence-corrected chi connectivity index (χ2v) is 10.2. The minimum atomic E-state index is -0.225. The first-order chi connectivity index (χ1) is 16.5. The van der Waals surface area contributed by atoms with E-state index in [1.807, 2.05) is 48.5 Å². The standard InChI is InChI=1S/C29H30N4O/c1-29(2)28(30-25-14-8-9-15-26(25)31-29)33-18-21-16-32(17-22(21)19-33)27(34)24-13-7-6-12-23(24)20-10-4-3-5-11-20/h3-15,21-22,31H,16-19H2,1-2H3. The normalized spacial score (nSPS) is 22.6. The van der Waals surface area contributed by atoms with Crippen molar-refractivity contribution in [2.45, 2.75) is 19.4 Å². The van der Waals surface area contributed by atoms with E-state index in [-0.39, 0.29) is 11.4 Å². The molecule has 6 rings (SSSR count). The predicted molar refractivity (Wildman–Crippen MR) is 138 cm³/mol. The summed E-state index contributed by atoms with van der Waals surface area (Å²) in [5.74, 6) is 2.20. The molecule has 172 valence electrons. The van der Waals surface area contributed by atoms with E-state index < -0.39 is 0 Å². The molecule has 0 aromatic heterocycles. The molecule has 5 heteroatoms. The monoisotopic (exact) mass is 450 g/mol. The summed E-state index contributed by atoms with van der Waals surface area (Å²) in [5.41, 5.74) is 4.76. The number of nitrogens with one attached hydrogen (secondary N) is 1. The number of anilines is 1. The van der Waals surface area contributed by atoms with Crippen molar-refractivity contribution in [3.8, 4) is 11.1 Å². The zero-order chi connectivity index (χ0) is 23.3. The molecule has 0 spiro atoms. The van der Waals surface area contributed by atoms with Crippen molar-refractivity contribution in [2.75, 3.05) is 31.5 Å². The number of para-hydroxylation sites is 2. The van der Waals surface area contributed by atoms with E-state index in [4.69, 9.17) is 4.99 Å². The highest BCUT2D eigenvalue weighted by molar-refractivity contribution is 6.01. The fourth-order valence-corrected chi connectivity index (χ4v) is 5.83. The Balaban J connectivity index is 1.20. The topological polar surface area (TPSA) is 47.9 Å². The van der Waals surface area contributed by atoms with Crippen molar-refractivity contribution in [2.24, 2.45) is 16.8 Å². The molecule has 1 N–H and O–H groups in total. The molecule has 2 fully saturated rings. The molecule has 0 bridgehead atoms. The number of rotatable bonds is 2. The second-order valence-electron chi connectivity index (χ2n) is 10.2. The molecular weight excluding hydrogens is 420 g/mol. The van der Waals surface area contributed by atoms with Crippen LogP contribution in [0.5, 0.6) is 0 Å². The SMILES string of the molecule is CC1(C)Nc2ccccc2N=C1N1CC2CN(C(=O)c3ccccc3-c3ccccc3)CC2C1. The second kappa shape index (κ2) is 8.01. The Labute approximate surface area is 201 Å². The predicted octanol–water partition coefficient (Wildman–Crippen LogP) is 5.29. The van der Waals surface area contributed by atoms with Gasteiger partial charge in [-0.25, -0.2) is 4.99 Å². The molecule has 1 amide bonds. The third kappa shape index (κ3) is 3.56. The minimum Gasteiger partial charge on any atom is -0.371 e. The van der Waals surface area contributed by atoms with Crippen LogP contribution < -0.4 is 5.32 Å². The number of benzene rings is 3. The number of hydrogen-bond donors (Lipinski definition) is 1. The number of amides is 1. The van der Waals surface area contributed by atoms with Crippen molar-refractivity contribution >= 4 is 23.1 Å². The number of nitrogens with zero attached hydrogens (tertiary/aromatic N) is 3. The van der Waals surface area contributed by atoms with Gasteiger partial charge in [-0.05, 0) is 43.2 Å². The average molecular weight is 451 g/mol. The highest BCUT2D eigenvalue weighted by atomic mass is 16.2. The summed E-state index contributed by atoms with van der Waals surface area (Å²) in [6, 6.07) is 26.4. The molecule has 3 aromatic carbocycles. The van der Waals surface area contributed by atoms with Crippen LogP contribution in [0.2, 0.25) is 0 Å². The van der Waals surface area contributed by atoms with Crippen LogP contribution in [-0.2, 0) is 0 Å². The van der Waals surface area contributed by atoms with Gasteiger partial charge < -0.3 is 15.1 Å². The Hall–Kier alpha value is -3.60. The van der Waals surface area contributed by atoms with Crippen LogP contribution in [0.4, 0.5) is 11.4 Å². The smallest absolute Gasteiger partial charge is 0.254 e. The van der Waals surface area contributed by atoms with Crippen molar-refractivity contribution in [1.29, 1.82) is 0 Å². The van der Waals surface area contributed by atoms with Gasteiger partial charge in [0.25, 0.3) is 5.91 Å². The Morgan fingerprint density at radius 3 is 2.26 bits per heavy atom. The number of fused-ring (bicyclic) bond motifs is 2. The molecule has 3 aliphatic heterocycles. The fraction of sp³-hybridized carbons (Fsp3) is 0.310. The van der Waals surface area contributed by atoms with Crippen molar-refractivity contribution in [1.82, 2.24) is 9.80 Å². The zero-order valence-electron chi connectivity index (χ0n) is 19.7. The molecule has 3 aliphatic rings. The van der Waals surface area contributed by atoms with Crippen LogP contribution in [-0.4, -0.2) is 53.3 Å². The van der Waals surface area contributed by atoms with E-state index in [9.17, 15) is 4.79 Å². The van der Waals surface area contributed by atoms with Gasteiger partial charge in [0.05, 0.1) is 16.9 Å². The highest BCUT2D eigenvalue weighted by Gasteiger charge is 2.45. The Morgan fingerprint density at radius 2 is 1.50 bits per heavy atom. The molecule has 3 heterocycles. The van der Waals surface area contributed by atoms with Gasteiger partial charge in [-0.3, -0.25) is 4.79 Å². The average Bonchev–Trinajstić information content (AvgIpc) is 3.42. The van der Waals surface area contributed by atoms with E-state index in [1.165, 1.54) is 0 Å². The number of carbonyl (C=O) groups is 1. The van der Waals surface area contributed by atoms with Crippen LogP contribution in [0.15, 0.2) is 83.9 Å². The quantitative estimate of drug-likeness (QED) is 0.577. The lowest BCUT2D eigenvalue weighted by Gasteiger charge is -2.39. The third-order valence-electron chi connectivity index (χ3n) is 7.45. The van der Waals surface area contributed by atoms with E-state index in [2.05, 4.69) is 59.3 Å². The summed E-state index contributed by atoms with van der Waals surface area (Å²) in [4.78, 5) is 23.1. The molecule has 2 saturated heterocycles. The van der Waals surface area contributed by atoms with Crippen LogP contribution in [0.25, 0.3) is 11.1 Å². The van der Waals surface area contributed by atoms with Crippen LogP contribution >= 0.6 is 0 Å². The van der Waals surface area contributed by atoms with Crippen LogP contribution in [0.3, 0.4) is 0 Å². The first kappa shape index (κ1) is 21.0. The summed E-state index contributed by atoms with van der Waals surface area (Å²) in [7, 11) is 0. The van der Waals surface area contributed by atoms with Gasteiger partial charge >= 0.3 is 0 Å². The maximum Gasteiger partial charge on any atom is 0.254 e. The molecule has 0 saturated carbocycles. The van der Waals surface area contributed by atoms with E-state index in [1.54, 1.807) is 0 Å². The maximum atomic E-state index is 13.6. The van der Waals surface area contributed by atoms with Gasteiger partial charge in [-0.15, -0.1) is 0 Å². The van der Waals surface area contributed by atoms with Gasteiger partial charge in [0.15, 0.2) is 0 Å². The summed E-state index contributed by atoms with van der Waals surface area (Å²) in [6.07, 6.45) is 0. The van der Waals surface area contributed by atoms with Gasteiger partial charge in [-0.2, -0.15) is 0 Å². The van der Waals surface area contributed by atoms with Crippen LogP contribution in [0.1, 0.15) is 24.2 Å². The number of aliphatic imine (C=N–C) groups is 1. The maximum absolute atomic E-state index is 13.6. The lowest BCUT2D eigenvalue weighted by atomic mass is 9.98. The van der Waals surface area contributed by atoms with E-state index in [0.29, 0.717) is 11.8 Å². The molecule has 5 nitrogen and oxygen atoms in total. The summed E-state index contributed by atoms with van der Waals surface area (Å²) in [5, 5.41) is 3.66. The third-order valence-corrected chi connectivity index (χ3v) is 7.45. The molecule has 34 heavy (non-hydrogen) atoms. The Bertz CT molecular complexity index is 1250. The summed E-state index contributed by atoms with van der Waals surface area (Å²) < 4.78 is 0. The Kier molecular flexibility index (Phi) is 4.94. The van der Waals surface area contributed by atoms with Crippen molar-refractivity contribution < 1.29 is 4.79 Å². The van der Waals surface area contributed by atoms with Gasteiger partial charge in [0.1, 0.15) is 5.84 Å². The number of amidine groups is 1. The zero-order valence-corrected chi connectivity index (χ0v) is 19.7. The molecule has 0 aliphatic carbocycles. The van der Waals surface area contributed by atoms with Crippen molar-refractivity contribution in [3.63, 3.8) is 0 Å². The largest absolute Gasteiger partial charge is 0.371 e. The first-order valence-corrected chi connectivity index (χ1v) is 12.1. The molecule has 2 unspecified atom stereocenters. The lowest BCUT2D eigenvalue weighted by molar-refractivity contribution is 0.0778. The number of carbonyl (C=O) groups excluding carboxylic acids is 1. The minimum absolute atomic E-state index is 0.145. The molecular formula is C29H30N4O. The Morgan fingerprint density at radius 1 is 0.853 bits per heavy atom. The summed E-state index contributed by atoms with van der Waals surface area (Å²) in [6.45, 7) is 7.90. The van der Waals surface area contributed by atoms with Crippen molar-refractivity contribution in [3.05, 3.63) is 84.4 Å². The lowest BCUT2D eigenvalue weighted by Crippen LogP contribution is -2.51. The molecule has 2 atom stereocenters. The van der Waals surface area contributed by atoms with E-state index >= 15 is 0 Å².